The number of aryl methyl sites for hydroxylation is 3. The molecule has 2 rings (SSSR count). The summed E-state index contributed by atoms with van der Waals surface area (Å²) >= 11 is 0. The van der Waals surface area contributed by atoms with Crippen molar-refractivity contribution in [3.63, 3.8) is 0 Å². The number of anilines is 2. The van der Waals surface area contributed by atoms with Crippen molar-refractivity contribution in [2.45, 2.75) is 40.7 Å². The highest BCUT2D eigenvalue weighted by Gasteiger charge is 2.11. The van der Waals surface area contributed by atoms with Crippen LogP contribution in [0.2, 0.25) is 0 Å². The molecule has 102 valence electrons. The van der Waals surface area contributed by atoms with Gasteiger partial charge in [-0.2, -0.15) is 0 Å². The van der Waals surface area contributed by atoms with E-state index >= 15 is 0 Å². The van der Waals surface area contributed by atoms with E-state index < -0.39 is 0 Å². The average Bonchev–Trinajstić information content (AvgIpc) is 2.71. The third-order valence-corrected chi connectivity index (χ3v) is 3.16. The number of hydrogen-bond acceptors (Lipinski definition) is 6. The van der Waals surface area contributed by atoms with Crippen LogP contribution in [0.4, 0.5) is 11.6 Å². The van der Waals surface area contributed by atoms with E-state index in [-0.39, 0.29) is 0 Å². The number of nitrogens with two attached hydrogens (primary N) is 1. The molecule has 0 atom stereocenters. The van der Waals surface area contributed by atoms with E-state index in [0.29, 0.717) is 12.4 Å². The number of nitrogens with one attached hydrogen (secondary N) is 1. The van der Waals surface area contributed by atoms with Crippen LogP contribution in [0.5, 0.6) is 0 Å². The Bertz CT molecular complexity index is 571. The third kappa shape index (κ3) is 2.67. The van der Waals surface area contributed by atoms with Gasteiger partial charge in [-0.3, -0.25) is 0 Å². The lowest BCUT2D eigenvalue weighted by molar-refractivity contribution is 0.392. The molecule has 0 aliphatic heterocycles. The molecule has 0 amide bonds. The Labute approximate surface area is 112 Å². The molecule has 0 spiro atoms. The second kappa shape index (κ2) is 5.26. The fraction of sp³-hybridized carbons (Fsp3) is 0.462. The largest absolute Gasteiger partial charge is 0.383 e. The van der Waals surface area contributed by atoms with Crippen LogP contribution >= 0.6 is 0 Å². The van der Waals surface area contributed by atoms with Crippen molar-refractivity contribution in [2.24, 2.45) is 0 Å². The lowest BCUT2D eigenvalue weighted by Gasteiger charge is -2.11. The van der Waals surface area contributed by atoms with Crippen molar-refractivity contribution in [1.29, 1.82) is 0 Å². The van der Waals surface area contributed by atoms with Gasteiger partial charge in [0.15, 0.2) is 0 Å². The van der Waals surface area contributed by atoms with Crippen molar-refractivity contribution in [1.82, 2.24) is 15.1 Å². The maximum absolute atomic E-state index is 5.88. The summed E-state index contributed by atoms with van der Waals surface area (Å²) in [6, 6.07) is 0. The highest BCUT2D eigenvalue weighted by atomic mass is 16.5. The van der Waals surface area contributed by atoms with Crippen molar-refractivity contribution in [2.75, 3.05) is 11.1 Å². The van der Waals surface area contributed by atoms with Gasteiger partial charge in [-0.25, -0.2) is 9.97 Å². The molecule has 0 fully saturated rings. The van der Waals surface area contributed by atoms with Crippen molar-refractivity contribution >= 4 is 11.6 Å². The second-order valence-electron chi connectivity index (χ2n) is 4.51. The number of nitrogens with zero attached hydrogens (tertiary/aromatic N) is 3. The Hall–Kier alpha value is -2.11. The van der Waals surface area contributed by atoms with E-state index in [1.165, 1.54) is 0 Å². The van der Waals surface area contributed by atoms with Gasteiger partial charge in [0, 0.05) is 24.1 Å². The van der Waals surface area contributed by atoms with Gasteiger partial charge in [0.25, 0.3) is 0 Å². The van der Waals surface area contributed by atoms with Crippen LogP contribution in [0.3, 0.4) is 0 Å². The molecule has 2 heterocycles. The minimum absolute atomic E-state index is 0.521. The Morgan fingerprint density at radius 1 is 1.21 bits per heavy atom. The topological polar surface area (TPSA) is 89.9 Å². The van der Waals surface area contributed by atoms with E-state index in [1.807, 2.05) is 27.7 Å². The molecule has 0 bridgehead atoms. The predicted molar refractivity (Wildman–Crippen MR) is 73.9 cm³/mol. The van der Waals surface area contributed by atoms with E-state index in [1.54, 1.807) is 0 Å². The molecule has 6 nitrogen and oxygen atoms in total. The van der Waals surface area contributed by atoms with Gasteiger partial charge in [0.2, 0.25) is 0 Å². The molecule has 2 aromatic heterocycles. The van der Waals surface area contributed by atoms with Crippen LogP contribution < -0.4 is 11.1 Å². The van der Waals surface area contributed by atoms with Crippen molar-refractivity contribution < 1.29 is 4.52 Å². The fourth-order valence-corrected chi connectivity index (χ4v) is 1.84. The summed E-state index contributed by atoms with van der Waals surface area (Å²) in [7, 11) is 0. The van der Waals surface area contributed by atoms with Crippen molar-refractivity contribution in [3.05, 3.63) is 28.4 Å². The first-order valence-electron chi connectivity index (χ1n) is 6.31. The smallest absolute Gasteiger partial charge is 0.138 e. The molecule has 3 N–H and O–H groups in total. The maximum atomic E-state index is 5.88. The van der Waals surface area contributed by atoms with E-state index in [0.717, 1.165) is 40.6 Å². The van der Waals surface area contributed by atoms with Gasteiger partial charge in [-0.05, 0) is 20.8 Å². The normalized spacial score (nSPS) is 10.7. The van der Waals surface area contributed by atoms with Crippen LogP contribution in [0.1, 0.15) is 35.3 Å². The molecule has 0 saturated heterocycles. The summed E-state index contributed by atoms with van der Waals surface area (Å²) in [5, 5.41) is 7.21. The Balaban J connectivity index is 2.22. The molecule has 2 aromatic rings. The number of hydrogen-bond donors (Lipinski definition) is 2. The van der Waals surface area contributed by atoms with Crippen molar-refractivity contribution in [3.8, 4) is 0 Å². The molecular formula is C13H19N5O. The first kappa shape index (κ1) is 13.3. The predicted octanol–water partition coefficient (Wildman–Crippen LogP) is 2.15. The first-order valence-corrected chi connectivity index (χ1v) is 6.31. The lowest BCUT2D eigenvalue weighted by Crippen LogP contribution is -2.10. The quantitative estimate of drug-likeness (QED) is 0.876. The van der Waals surface area contributed by atoms with Crippen LogP contribution in [-0.4, -0.2) is 15.1 Å². The van der Waals surface area contributed by atoms with E-state index in [9.17, 15) is 0 Å². The van der Waals surface area contributed by atoms with Gasteiger partial charge >= 0.3 is 0 Å². The maximum Gasteiger partial charge on any atom is 0.138 e. The highest BCUT2D eigenvalue weighted by molar-refractivity contribution is 5.55. The van der Waals surface area contributed by atoms with Gasteiger partial charge < -0.3 is 15.6 Å². The number of rotatable bonds is 4. The Kier molecular flexibility index (Phi) is 3.69. The molecule has 0 aliphatic rings. The fourth-order valence-electron chi connectivity index (χ4n) is 1.84. The molecule has 0 saturated carbocycles. The Morgan fingerprint density at radius 3 is 2.53 bits per heavy atom. The summed E-state index contributed by atoms with van der Waals surface area (Å²) in [4.78, 5) is 8.68. The van der Waals surface area contributed by atoms with Crippen LogP contribution in [0.25, 0.3) is 0 Å². The minimum Gasteiger partial charge on any atom is -0.383 e. The molecule has 0 unspecified atom stereocenters. The number of nitrogen functional groups attached to an aromatic ring is 1. The molecule has 0 aromatic carbocycles. The summed E-state index contributed by atoms with van der Waals surface area (Å²) in [5.74, 6) is 2.85. The number of aromatic nitrogens is 3. The zero-order valence-electron chi connectivity index (χ0n) is 11.7. The van der Waals surface area contributed by atoms with E-state index in [4.69, 9.17) is 10.3 Å². The van der Waals surface area contributed by atoms with Gasteiger partial charge in [0.1, 0.15) is 23.2 Å². The van der Waals surface area contributed by atoms with Crippen LogP contribution in [-0.2, 0) is 13.0 Å². The Morgan fingerprint density at radius 2 is 1.95 bits per heavy atom. The molecule has 0 aliphatic carbocycles. The van der Waals surface area contributed by atoms with Crippen LogP contribution in [0.15, 0.2) is 4.52 Å². The zero-order valence-corrected chi connectivity index (χ0v) is 11.7. The summed E-state index contributed by atoms with van der Waals surface area (Å²) < 4.78 is 5.14. The summed E-state index contributed by atoms with van der Waals surface area (Å²) in [6.45, 7) is 8.34. The van der Waals surface area contributed by atoms with Crippen LogP contribution in [0, 0.1) is 20.8 Å². The molecule has 6 heteroatoms. The van der Waals surface area contributed by atoms with Gasteiger partial charge in [-0.15, -0.1) is 0 Å². The summed E-state index contributed by atoms with van der Waals surface area (Å²) in [6.07, 6.45) is 0.754. The van der Waals surface area contributed by atoms with E-state index in [2.05, 4.69) is 20.4 Å². The third-order valence-electron chi connectivity index (χ3n) is 3.16. The molecule has 19 heavy (non-hydrogen) atoms. The zero-order chi connectivity index (χ0) is 14.0. The second-order valence-corrected chi connectivity index (χ2v) is 4.51. The lowest BCUT2D eigenvalue weighted by atomic mass is 10.2. The van der Waals surface area contributed by atoms with Gasteiger partial charge in [0.05, 0.1) is 5.69 Å². The minimum atomic E-state index is 0.521. The first-order chi connectivity index (χ1) is 9.02. The standard InChI is InChI=1S/C13H19N5O/c1-5-11-16-12(14)7(2)13(17-11)15-6-10-8(3)18-19-9(10)4/h5-6H2,1-4H3,(H3,14,15,16,17). The van der Waals surface area contributed by atoms with Gasteiger partial charge in [-0.1, -0.05) is 12.1 Å². The average molecular weight is 261 g/mol. The summed E-state index contributed by atoms with van der Waals surface area (Å²) in [5.41, 5.74) is 8.69. The SMILES string of the molecule is CCc1nc(N)c(C)c(NCc2c(C)noc2C)n1. The molecular weight excluding hydrogens is 242 g/mol. The molecule has 0 radical (unpaired) electrons. The highest BCUT2D eigenvalue weighted by Crippen LogP contribution is 2.20. The monoisotopic (exact) mass is 261 g/mol.